The SMILES string of the molecule is COCCNCc1ccc(SC(C)C(=O)N(C)C)cc1. The second kappa shape index (κ2) is 9.00. The second-order valence-corrected chi connectivity index (χ2v) is 6.22. The van der Waals surface area contributed by atoms with Gasteiger partial charge in [-0.2, -0.15) is 0 Å². The molecule has 0 saturated carbocycles. The van der Waals surface area contributed by atoms with Gasteiger partial charge in [-0.25, -0.2) is 0 Å². The van der Waals surface area contributed by atoms with E-state index in [9.17, 15) is 4.79 Å². The van der Waals surface area contributed by atoms with Gasteiger partial charge in [0.15, 0.2) is 0 Å². The van der Waals surface area contributed by atoms with Crippen LogP contribution in [0.4, 0.5) is 0 Å². The van der Waals surface area contributed by atoms with Gasteiger partial charge in [0, 0.05) is 39.2 Å². The van der Waals surface area contributed by atoms with Gasteiger partial charge in [-0.1, -0.05) is 12.1 Å². The summed E-state index contributed by atoms with van der Waals surface area (Å²) in [7, 11) is 5.27. The maximum Gasteiger partial charge on any atom is 0.235 e. The van der Waals surface area contributed by atoms with Crippen LogP contribution in [0.25, 0.3) is 0 Å². The number of nitrogens with zero attached hydrogens (tertiary/aromatic N) is 1. The number of rotatable bonds is 8. The topological polar surface area (TPSA) is 41.6 Å². The molecule has 1 aromatic rings. The van der Waals surface area contributed by atoms with Crippen molar-refractivity contribution in [3.8, 4) is 0 Å². The normalized spacial score (nSPS) is 12.2. The van der Waals surface area contributed by atoms with Crippen molar-refractivity contribution in [3.63, 3.8) is 0 Å². The Morgan fingerprint density at radius 1 is 1.35 bits per heavy atom. The molecule has 1 amide bonds. The molecule has 20 heavy (non-hydrogen) atoms. The van der Waals surface area contributed by atoms with Crippen molar-refractivity contribution in [1.29, 1.82) is 0 Å². The lowest BCUT2D eigenvalue weighted by atomic mass is 10.2. The van der Waals surface area contributed by atoms with E-state index < -0.39 is 0 Å². The summed E-state index contributed by atoms with van der Waals surface area (Å²) in [5.74, 6) is 0.139. The predicted octanol–water partition coefficient (Wildman–Crippen LogP) is 1.99. The van der Waals surface area contributed by atoms with Crippen LogP contribution in [-0.4, -0.2) is 50.4 Å². The first-order chi connectivity index (χ1) is 9.54. The fourth-order valence-electron chi connectivity index (χ4n) is 1.71. The summed E-state index contributed by atoms with van der Waals surface area (Å²) in [6, 6.07) is 8.32. The minimum atomic E-state index is -0.0596. The van der Waals surface area contributed by atoms with E-state index in [1.165, 1.54) is 5.56 Å². The number of hydrogen-bond acceptors (Lipinski definition) is 4. The predicted molar refractivity (Wildman–Crippen MR) is 84.0 cm³/mol. The minimum absolute atomic E-state index is 0.0596. The van der Waals surface area contributed by atoms with E-state index >= 15 is 0 Å². The zero-order chi connectivity index (χ0) is 15.0. The highest BCUT2D eigenvalue weighted by Crippen LogP contribution is 2.24. The van der Waals surface area contributed by atoms with Crippen LogP contribution in [0.2, 0.25) is 0 Å². The third-order valence-corrected chi connectivity index (χ3v) is 3.94. The van der Waals surface area contributed by atoms with E-state index in [1.54, 1.807) is 37.9 Å². The van der Waals surface area contributed by atoms with E-state index in [0.717, 1.165) is 24.6 Å². The van der Waals surface area contributed by atoms with Crippen molar-refractivity contribution in [2.24, 2.45) is 0 Å². The molecule has 4 nitrogen and oxygen atoms in total. The third-order valence-electron chi connectivity index (χ3n) is 2.84. The molecule has 0 fully saturated rings. The van der Waals surface area contributed by atoms with Gasteiger partial charge in [0.25, 0.3) is 0 Å². The van der Waals surface area contributed by atoms with Crippen LogP contribution in [0.3, 0.4) is 0 Å². The van der Waals surface area contributed by atoms with Gasteiger partial charge in [0.1, 0.15) is 0 Å². The largest absolute Gasteiger partial charge is 0.383 e. The molecule has 1 atom stereocenters. The Labute approximate surface area is 125 Å². The number of methoxy groups -OCH3 is 1. The number of amides is 1. The van der Waals surface area contributed by atoms with E-state index in [0.29, 0.717) is 0 Å². The standard InChI is InChI=1S/C15H24N2O2S/c1-12(15(18)17(2)3)20-14-7-5-13(6-8-14)11-16-9-10-19-4/h5-8,12,16H,9-11H2,1-4H3. The molecule has 0 saturated heterocycles. The van der Waals surface area contributed by atoms with Crippen LogP contribution in [-0.2, 0) is 16.1 Å². The first kappa shape index (κ1) is 17.0. The molecule has 0 aliphatic heterocycles. The molecule has 112 valence electrons. The number of carbonyl (C=O) groups is 1. The molecule has 1 aromatic carbocycles. The molecule has 5 heteroatoms. The summed E-state index contributed by atoms with van der Waals surface area (Å²) < 4.78 is 4.98. The Morgan fingerprint density at radius 3 is 2.55 bits per heavy atom. The lowest BCUT2D eigenvalue weighted by Gasteiger charge is -2.16. The van der Waals surface area contributed by atoms with Crippen LogP contribution in [0.5, 0.6) is 0 Å². The zero-order valence-corrected chi connectivity index (χ0v) is 13.5. The van der Waals surface area contributed by atoms with Crippen molar-refractivity contribution in [2.75, 3.05) is 34.4 Å². The highest BCUT2D eigenvalue weighted by molar-refractivity contribution is 8.00. The van der Waals surface area contributed by atoms with Gasteiger partial charge in [-0.15, -0.1) is 11.8 Å². The average molecular weight is 296 g/mol. The van der Waals surface area contributed by atoms with E-state index in [2.05, 4.69) is 29.6 Å². The molecule has 1 rings (SSSR count). The van der Waals surface area contributed by atoms with Crippen molar-refractivity contribution in [2.45, 2.75) is 23.6 Å². The third kappa shape index (κ3) is 5.94. The minimum Gasteiger partial charge on any atom is -0.383 e. The monoisotopic (exact) mass is 296 g/mol. The van der Waals surface area contributed by atoms with Crippen molar-refractivity contribution >= 4 is 17.7 Å². The summed E-state index contributed by atoms with van der Waals surface area (Å²) in [4.78, 5) is 14.5. The van der Waals surface area contributed by atoms with Crippen molar-refractivity contribution in [3.05, 3.63) is 29.8 Å². The summed E-state index contributed by atoms with van der Waals surface area (Å²) in [6.07, 6.45) is 0. The maximum atomic E-state index is 11.8. The Kier molecular flexibility index (Phi) is 7.65. The molecule has 0 aliphatic rings. The number of ether oxygens (including phenoxy) is 1. The molecule has 0 heterocycles. The lowest BCUT2D eigenvalue weighted by Crippen LogP contribution is -2.29. The fourth-order valence-corrected chi connectivity index (χ4v) is 2.72. The van der Waals surface area contributed by atoms with Gasteiger partial charge in [0.05, 0.1) is 11.9 Å². The van der Waals surface area contributed by atoms with Crippen LogP contribution in [0.1, 0.15) is 12.5 Å². The highest BCUT2D eigenvalue weighted by atomic mass is 32.2. The molecule has 0 radical (unpaired) electrons. The van der Waals surface area contributed by atoms with Crippen LogP contribution >= 0.6 is 11.8 Å². The lowest BCUT2D eigenvalue weighted by molar-refractivity contribution is -0.127. The molecular formula is C15H24N2O2S. The number of nitrogens with one attached hydrogen (secondary N) is 1. The summed E-state index contributed by atoms with van der Waals surface area (Å²) in [5.41, 5.74) is 1.23. The number of carbonyl (C=O) groups excluding carboxylic acids is 1. The van der Waals surface area contributed by atoms with Crippen LogP contribution in [0, 0.1) is 0 Å². The molecule has 0 aromatic heterocycles. The molecule has 0 aliphatic carbocycles. The molecule has 1 N–H and O–H groups in total. The van der Waals surface area contributed by atoms with Crippen molar-refractivity contribution in [1.82, 2.24) is 10.2 Å². The van der Waals surface area contributed by atoms with Crippen LogP contribution < -0.4 is 5.32 Å². The van der Waals surface area contributed by atoms with Gasteiger partial charge in [-0.05, 0) is 24.6 Å². The summed E-state index contributed by atoms with van der Waals surface area (Å²) >= 11 is 1.59. The zero-order valence-electron chi connectivity index (χ0n) is 12.7. The Morgan fingerprint density at radius 2 is 2.00 bits per heavy atom. The van der Waals surface area contributed by atoms with Crippen molar-refractivity contribution < 1.29 is 9.53 Å². The van der Waals surface area contributed by atoms with Gasteiger partial charge in [0.2, 0.25) is 5.91 Å². The molecule has 1 unspecified atom stereocenters. The maximum absolute atomic E-state index is 11.8. The van der Waals surface area contributed by atoms with Gasteiger partial charge < -0.3 is 15.0 Å². The molecular weight excluding hydrogens is 272 g/mol. The second-order valence-electron chi connectivity index (χ2n) is 4.81. The first-order valence-electron chi connectivity index (χ1n) is 6.71. The Bertz CT molecular complexity index is 407. The van der Waals surface area contributed by atoms with Gasteiger partial charge in [-0.3, -0.25) is 4.79 Å². The average Bonchev–Trinajstić information content (AvgIpc) is 2.44. The highest BCUT2D eigenvalue weighted by Gasteiger charge is 2.15. The summed E-state index contributed by atoms with van der Waals surface area (Å²) in [6.45, 7) is 4.34. The smallest absolute Gasteiger partial charge is 0.235 e. The first-order valence-corrected chi connectivity index (χ1v) is 7.59. The number of thioether (sulfide) groups is 1. The Balaban J connectivity index is 2.44. The fraction of sp³-hybridized carbons (Fsp3) is 0.533. The van der Waals surface area contributed by atoms with E-state index in [-0.39, 0.29) is 11.2 Å². The number of benzene rings is 1. The van der Waals surface area contributed by atoms with E-state index in [1.807, 2.05) is 6.92 Å². The molecule has 0 spiro atoms. The Hall–Kier alpha value is -1.04. The van der Waals surface area contributed by atoms with Gasteiger partial charge >= 0.3 is 0 Å². The molecule has 0 bridgehead atoms. The van der Waals surface area contributed by atoms with E-state index in [4.69, 9.17) is 4.74 Å². The summed E-state index contributed by atoms with van der Waals surface area (Å²) in [5, 5.41) is 3.24. The van der Waals surface area contributed by atoms with Crippen LogP contribution in [0.15, 0.2) is 29.2 Å². The quantitative estimate of drug-likeness (QED) is 0.588. The number of hydrogen-bond donors (Lipinski definition) is 1.